The quantitative estimate of drug-likeness (QED) is 0.546. The van der Waals surface area contributed by atoms with Crippen molar-refractivity contribution < 1.29 is 4.84 Å². The number of rotatable bonds is 0. The molecule has 0 aliphatic carbocycles. The summed E-state index contributed by atoms with van der Waals surface area (Å²) >= 11 is 0. The lowest BCUT2D eigenvalue weighted by Crippen LogP contribution is -2.32. The highest BCUT2D eigenvalue weighted by Gasteiger charge is 2.28. The molecule has 0 amide bonds. The van der Waals surface area contributed by atoms with Gasteiger partial charge in [-0.05, 0) is 13.8 Å². The van der Waals surface area contributed by atoms with E-state index in [2.05, 4.69) is 30.9 Å². The zero-order valence-corrected chi connectivity index (χ0v) is 8.38. The summed E-state index contributed by atoms with van der Waals surface area (Å²) in [6, 6.07) is 0. The molecular formula is C9H16N2O. The van der Waals surface area contributed by atoms with Crippen molar-refractivity contribution in [2.75, 3.05) is 0 Å². The van der Waals surface area contributed by atoms with Crippen molar-refractivity contribution in [3.8, 4) is 0 Å². The largest absolute Gasteiger partial charge is 0.341 e. The van der Waals surface area contributed by atoms with Crippen LogP contribution >= 0.6 is 0 Å². The van der Waals surface area contributed by atoms with Crippen LogP contribution in [0.2, 0.25) is 0 Å². The van der Waals surface area contributed by atoms with Crippen LogP contribution in [0.4, 0.5) is 0 Å². The van der Waals surface area contributed by atoms with Gasteiger partial charge in [-0.25, -0.2) is 4.99 Å². The number of oxime groups is 1. The van der Waals surface area contributed by atoms with Gasteiger partial charge in [0, 0.05) is 5.41 Å². The van der Waals surface area contributed by atoms with Crippen molar-refractivity contribution in [2.45, 2.75) is 40.2 Å². The fourth-order valence-electron chi connectivity index (χ4n) is 0.821. The molecule has 3 nitrogen and oxygen atoms in total. The van der Waals surface area contributed by atoms with E-state index in [1.54, 1.807) is 6.21 Å². The van der Waals surface area contributed by atoms with Crippen LogP contribution in [-0.4, -0.2) is 17.7 Å². The van der Waals surface area contributed by atoms with Gasteiger partial charge in [0.15, 0.2) is 0 Å². The lowest BCUT2D eigenvalue weighted by Gasteiger charge is -2.26. The first-order valence-corrected chi connectivity index (χ1v) is 4.13. The maximum absolute atomic E-state index is 5.10. The normalized spacial score (nSPS) is 21.6. The molecule has 0 N–H and O–H groups in total. The van der Waals surface area contributed by atoms with E-state index in [0.29, 0.717) is 5.90 Å². The molecule has 0 fully saturated rings. The van der Waals surface area contributed by atoms with E-state index >= 15 is 0 Å². The first-order chi connectivity index (χ1) is 5.31. The molecular weight excluding hydrogens is 152 g/mol. The third-order valence-corrected chi connectivity index (χ3v) is 1.54. The molecule has 0 unspecified atom stereocenters. The molecule has 0 saturated carbocycles. The molecule has 1 heterocycles. The summed E-state index contributed by atoms with van der Waals surface area (Å²) in [4.78, 5) is 9.53. The van der Waals surface area contributed by atoms with Crippen molar-refractivity contribution in [2.24, 2.45) is 15.6 Å². The number of aliphatic imine (C=N–C) groups is 1. The van der Waals surface area contributed by atoms with Crippen LogP contribution in [0.15, 0.2) is 10.1 Å². The second kappa shape index (κ2) is 2.57. The summed E-state index contributed by atoms with van der Waals surface area (Å²) in [5.74, 6) is 0.704. The Morgan fingerprint density at radius 2 is 1.92 bits per heavy atom. The van der Waals surface area contributed by atoms with E-state index < -0.39 is 0 Å². The Hall–Kier alpha value is -0.860. The Morgan fingerprint density at radius 3 is 2.25 bits per heavy atom. The van der Waals surface area contributed by atoms with Crippen molar-refractivity contribution >= 4 is 12.1 Å². The second-order valence-corrected chi connectivity index (χ2v) is 4.65. The molecule has 3 heteroatoms. The van der Waals surface area contributed by atoms with E-state index in [1.807, 2.05) is 13.8 Å². The van der Waals surface area contributed by atoms with E-state index in [0.717, 1.165) is 0 Å². The highest BCUT2D eigenvalue weighted by molar-refractivity contribution is 5.87. The molecule has 0 saturated heterocycles. The number of hydrogen-bond acceptors (Lipinski definition) is 3. The second-order valence-electron chi connectivity index (χ2n) is 4.65. The van der Waals surface area contributed by atoms with Crippen molar-refractivity contribution in [3.63, 3.8) is 0 Å². The molecule has 0 bridgehead atoms. The Morgan fingerprint density at radius 1 is 1.33 bits per heavy atom. The van der Waals surface area contributed by atoms with E-state index in [-0.39, 0.29) is 11.0 Å². The summed E-state index contributed by atoms with van der Waals surface area (Å²) in [5, 5.41) is 3.82. The van der Waals surface area contributed by atoms with Gasteiger partial charge in [0.1, 0.15) is 0 Å². The van der Waals surface area contributed by atoms with Crippen LogP contribution < -0.4 is 0 Å². The Kier molecular flexibility index (Phi) is 1.98. The van der Waals surface area contributed by atoms with Gasteiger partial charge < -0.3 is 4.84 Å². The molecule has 1 aliphatic heterocycles. The predicted octanol–water partition coefficient (Wildman–Crippen LogP) is 2.23. The fourth-order valence-corrected chi connectivity index (χ4v) is 0.821. The van der Waals surface area contributed by atoms with Gasteiger partial charge in [0.05, 0.1) is 11.8 Å². The molecule has 0 aromatic carbocycles. The van der Waals surface area contributed by atoms with Gasteiger partial charge in [0.25, 0.3) is 0 Å². The number of nitrogens with zero attached hydrogens (tertiary/aromatic N) is 2. The molecule has 1 rings (SSSR count). The SMILES string of the molecule is CC1(C)C=NOC(C(C)(C)C)=N1. The topological polar surface area (TPSA) is 34.0 Å². The lowest BCUT2D eigenvalue weighted by atomic mass is 9.95. The number of hydrogen-bond donors (Lipinski definition) is 0. The Bertz CT molecular complexity index is 233. The van der Waals surface area contributed by atoms with Crippen LogP contribution in [-0.2, 0) is 4.84 Å². The summed E-state index contributed by atoms with van der Waals surface area (Å²) < 4.78 is 0. The van der Waals surface area contributed by atoms with Crippen molar-refractivity contribution in [1.82, 2.24) is 0 Å². The third-order valence-electron chi connectivity index (χ3n) is 1.54. The summed E-state index contributed by atoms with van der Waals surface area (Å²) in [6.45, 7) is 10.2. The molecule has 12 heavy (non-hydrogen) atoms. The smallest absolute Gasteiger partial charge is 0.226 e. The average Bonchev–Trinajstić information content (AvgIpc) is 1.83. The van der Waals surface area contributed by atoms with Crippen molar-refractivity contribution in [3.05, 3.63) is 0 Å². The summed E-state index contributed by atoms with van der Waals surface area (Å²) in [6.07, 6.45) is 1.71. The molecule has 0 aromatic heterocycles. The minimum Gasteiger partial charge on any atom is -0.341 e. The molecule has 1 aliphatic rings. The van der Waals surface area contributed by atoms with Gasteiger partial charge >= 0.3 is 0 Å². The highest BCUT2D eigenvalue weighted by Crippen LogP contribution is 2.22. The van der Waals surface area contributed by atoms with E-state index in [1.165, 1.54) is 0 Å². The fraction of sp³-hybridized carbons (Fsp3) is 0.778. The molecule has 0 aromatic rings. The van der Waals surface area contributed by atoms with Gasteiger partial charge in [-0.2, -0.15) is 0 Å². The van der Waals surface area contributed by atoms with Gasteiger partial charge in [-0.15, -0.1) is 0 Å². The Balaban J connectivity index is 2.89. The molecule has 0 radical (unpaired) electrons. The molecule has 0 atom stereocenters. The van der Waals surface area contributed by atoms with Crippen LogP contribution in [0.1, 0.15) is 34.6 Å². The zero-order valence-electron chi connectivity index (χ0n) is 8.38. The monoisotopic (exact) mass is 168 g/mol. The third kappa shape index (κ3) is 2.06. The minimum absolute atomic E-state index is 0.0605. The minimum atomic E-state index is -0.221. The standard InChI is InChI=1S/C9H16N2O/c1-8(2,3)7-11-9(4,5)6-10-12-7/h6H,1-5H3. The van der Waals surface area contributed by atoms with Gasteiger partial charge in [-0.3, -0.25) is 0 Å². The lowest BCUT2D eigenvalue weighted by molar-refractivity contribution is 0.264. The maximum atomic E-state index is 5.10. The summed E-state index contributed by atoms with van der Waals surface area (Å²) in [7, 11) is 0. The van der Waals surface area contributed by atoms with Crippen molar-refractivity contribution in [1.29, 1.82) is 0 Å². The van der Waals surface area contributed by atoms with Crippen LogP contribution in [0, 0.1) is 5.41 Å². The average molecular weight is 168 g/mol. The predicted molar refractivity (Wildman–Crippen MR) is 50.5 cm³/mol. The first kappa shape index (κ1) is 9.23. The van der Waals surface area contributed by atoms with Crippen LogP contribution in [0.5, 0.6) is 0 Å². The van der Waals surface area contributed by atoms with Gasteiger partial charge in [0.2, 0.25) is 5.90 Å². The zero-order chi connectivity index (χ0) is 9.41. The van der Waals surface area contributed by atoms with Gasteiger partial charge in [-0.1, -0.05) is 25.9 Å². The molecule has 68 valence electrons. The Labute approximate surface area is 73.5 Å². The van der Waals surface area contributed by atoms with Crippen LogP contribution in [0.3, 0.4) is 0 Å². The summed E-state index contributed by atoms with van der Waals surface area (Å²) in [5.41, 5.74) is -0.282. The molecule has 0 spiro atoms. The van der Waals surface area contributed by atoms with E-state index in [9.17, 15) is 0 Å². The van der Waals surface area contributed by atoms with Crippen LogP contribution in [0.25, 0.3) is 0 Å². The highest BCUT2D eigenvalue weighted by atomic mass is 16.6. The maximum Gasteiger partial charge on any atom is 0.226 e. The van der Waals surface area contributed by atoms with E-state index in [4.69, 9.17) is 4.84 Å². The first-order valence-electron chi connectivity index (χ1n) is 4.13.